The maximum Gasteiger partial charge on any atom is 0.176 e. The van der Waals surface area contributed by atoms with Crippen molar-refractivity contribution in [3.05, 3.63) is 121 Å². The van der Waals surface area contributed by atoms with Gasteiger partial charge in [0.05, 0.1) is 10.3 Å². The number of sulfone groups is 1. The predicted octanol–water partition coefficient (Wildman–Crippen LogP) is 3.17. The molecule has 0 heterocycles. The molecule has 144 valence electrons. The SMILES string of the molecule is O=S(=O)(C[Si](c1ccccc1)(c1ccccc1)c1ccccc1)c1ccccc1. The van der Waals surface area contributed by atoms with Gasteiger partial charge in [0.1, 0.15) is 0 Å². The van der Waals surface area contributed by atoms with E-state index in [1.54, 1.807) is 24.3 Å². The third kappa shape index (κ3) is 3.82. The van der Waals surface area contributed by atoms with Crippen LogP contribution in [0.15, 0.2) is 126 Å². The Balaban J connectivity index is 2.01. The van der Waals surface area contributed by atoms with Gasteiger partial charge in [0, 0.05) is 0 Å². The summed E-state index contributed by atoms with van der Waals surface area (Å²) in [6, 6.07) is 39.2. The molecule has 0 amide bonds. The first-order chi connectivity index (χ1) is 14.1. The quantitative estimate of drug-likeness (QED) is 0.359. The third-order valence-corrected chi connectivity index (χ3v) is 13.5. The van der Waals surface area contributed by atoms with Crippen LogP contribution in [0, 0.1) is 0 Å². The Bertz CT molecular complexity index is 1060. The number of hydrogen-bond donors (Lipinski definition) is 0. The van der Waals surface area contributed by atoms with Crippen molar-refractivity contribution in [2.45, 2.75) is 4.90 Å². The largest absolute Gasteiger partial charge is 0.224 e. The van der Waals surface area contributed by atoms with Crippen LogP contribution in [0.4, 0.5) is 0 Å². The lowest BCUT2D eigenvalue weighted by Gasteiger charge is -2.33. The normalized spacial score (nSPS) is 11.9. The zero-order valence-electron chi connectivity index (χ0n) is 16.0. The van der Waals surface area contributed by atoms with Crippen molar-refractivity contribution < 1.29 is 8.42 Å². The molecule has 0 aliphatic rings. The van der Waals surface area contributed by atoms with Crippen LogP contribution in [-0.2, 0) is 9.84 Å². The van der Waals surface area contributed by atoms with Crippen LogP contribution in [0.5, 0.6) is 0 Å². The second-order valence-corrected chi connectivity index (χ2v) is 13.5. The Hall–Kier alpha value is -2.95. The molecule has 0 saturated heterocycles. The summed E-state index contributed by atoms with van der Waals surface area (Å²) >= 11 is 0. The van der Waals surface area contributed by atoms with E-state index in [1.807, 2.05) is 60.7 Å². The summed E-state index contributed by atoms with van der Waals surface area (Å²) in [5, 5.41) is 3.37. The Labute approximate surface area is 173 Å². The Morgan fingerprint density at radius 2 is 0.793 bits per heavy atom. The van der Waals surface area contributed by atoms with Gasteiger partial charge in [-0.25, -0.2) is 8.42 Å². The molecule has 2 nitrogen and oxygen atoms in total. The molecule has 0 aliphatic heterocycles. The van der Waals surface area contributed by atoms with Crippen LogP contribution < -0.4 is 15.6 Å². The minimum atomic E-state index is -3.50. The highest BCUT2D eigenvalue weighted by molar-refractivity contribution is 7.93. The Kier molecular flexibility index (Phi) is 5.47. The van der Waals surface area contributed by atoms with E-state index in [0.29, 0.717) is 4.90 Å². The van der Waals surface area contributed by atoms with Gasteiger partial charge in [-0.2, -0.15) is 0 Å². The molecule has 0 spiro atoms. The van der Waals surface area contributed by atoms with Gasteiger partial charge in [0.2, 0.25) is 0 Å². The third-order valence-electron chi connectivity index (χ3n) is 5.31. The summed E-state index contributed by atoms with van der Waals surface area (Å²) in [5.41, 5.74) is 0. The van der Waals surface area contributed by atoms with Gasteiger partial charge in [0.25, 0.3) is 0 Å². The molecule has 0 radical (unpaired) electrons. The van der Waals surface area contributed by atoms with Crippen LogP contribution >= 0.6 is 0 Å². The van der Waals surface area contributed by atoms with E-state index in [1.165, 1.54) is 0 Å². The molecule has 0 saturated carbocycles. The van der Waals surface area contributed by atoms with Crippen LogP contribution in [0.25, 0.3) is 0 Å². The summed E-state index contributed by atoms with van der Waals surface area (Å²) in [5.74, 6) is 0. The van der Waals surface area contributed by atoms with Gasteiger partial charge < -0.3 is 0 Å². The monoisotopic (exact) mass is 414 g/mol. The summed E-state index contributed by atoms with van der Waals surface area (Å²) in [6.45, 7) is 0. The molecule has 4 rings (SSSR count). The summed E-state index contributed by atoms with van der Waals surface area (Å²) in [7, 11) is -6.33. The van der Waals surface area contributed by atoms with Gasteiger partial charge in [0.15, 0.2) is 17.9 Å². The molecule has 29 heavy (non-hydrogen) atoms. The minimum absolute atomic E-state index is 0.0854. The molecular weight excluding hydrogens is 392 g/mol. The van der Waals surface area contributed by atoms with Gasteiger partial charge in [-0.05, 0) is 27.7 Å². The van der Waals surface area contributed by atoms with Crippen LogP contribution in [0.1, 0.15) is 0 Å². The van der Waals surface area contributed by atoms with E-state index in [9.17, 15) is 8.42 Å². The van der Waals surface area contributed by atoms with Gasteiger partial charge >= 0.3 is 0 Å². The van der Waals surface area contributed by atoms with Crippen molar-refractivity contribution in [3.8, 4) is 0 Å². The fourth-order valence-corrected chi connectivity index (χ4v) is 12.7. The summed E-state index contributed by atoms with van der Waals surface area (Å²) < 4.78 is 27.2. The maximum absolute atomic E-state index is 13.6. The van der Waals surface area contributed by atoms with E-state index >= 15 is 0 Å². The molecule has 0 fully saturated rings. The zero-order valence-corrected chi connectivity index (χ0v) is 17.8. The predicted molar refractivity (Wildman–Crippen MR) is 122 cm³/mol. The zero-order chi connectivity index (χ0) is 20.2. The lowest BCUT2D eigenvalue weighted by Crippen LogP contribution is -2.71. The summed E-state index contributed by atoms with van der Waals surface area (Å²) in [4.78, 5) is 0.375. The smallest absolute Gasteiger partial charge is 0.176 e. The van der Waals surface area contributed by atoms with Gasteiger partial charge in [-0.3, -0.25) is 0 Å². The Morgan fingerprint density at radius 3 is 1.14 bits per heavy atom. The second-order valence-electron chi connectivity index (χ2n) is 7.08. The first-order valence-electron chi connectivity index (χ1n) is 9.57. The van der Waals surface area contributed by atoms with Crippen molar-refractivity contribution in [3.63, 3.8) is 0 Å². The molecule has 4 aromatic carbocycles. The van der Waals surface area contributed by atoms with E-state index in [2.05, 4.69) is 36.4 Å². The van der Waals surface area contributed by atoms with E-state index in [4.69, 9.17) is 0 Å². The first kappa shape index (κ1) is 19.4. The first-order valence-corrected chi connectivity index (χ1v) is 13.4. The highest BCUT2D eigenvalue weighted by Gasteiger charge is 2.43. The molecule has 0 bridgehead atoms. The van der Waals surface area contributed by atoms with Gasteiger partial charge in [-0.1, -0.05) is 109 Å². The van der Waals surface area contributed by atoms with E-state index < -0.39 is 17.9 Å². The molecule has 4 aromatic rings. The van der Waals surface area contributed by atoms with Crippen LogP contribution in [0.2, 0.25) is 0 Å². The molecule has 0 unspecified atom stereocenters. The number of benzene rings is 4. The second kappa shape index (κ2) is 8.19. The standard InChI is InChI=1S/C25H22O2SSi/c26-28(27,22-13-5-1-6-14-22)21-29(23-15-7-2-8-16-23,24-17-9-3-10-18-24)25-19-11-4-12-20-25/h1-20H,21H2. The average Bonchev–Trinajstić information content (AvgIpc) is 2.80. The molecule has 0 aromatic heterocycles. The summed E-state index contributed by atoms with van der Waals surface area (Å²) in [6.07, 6.45) is 0. The molecule has 0 N–H and O–H groups in total. The van der Waals surface area contributed by atoms with Crippen molar-refractivity contribution in [1.29, 1.82) is 0 Å². The van der Waals surface area contributed by atoms with Crippen molar-refractivity contribution in [1.82, 2.24) is 0 Å². The molecule has 0 atom stereocenters. The molecule has 0 aliphatic carbocycles. The topological polar surface area (TPSA) is 34.1 Å². The van der Waals surface area contributed by atoms with E-state index in [-0.39, 0.29) is 5.38 Å². The lowest BCUT2D eigenvalue weighted by atomic mass is 10.3. The Morgan fingerprint density at radius 1 is 0.483 bits per heavy atom. The minimum Gasteiger partial charge on any atom is -0.224 e. The molecular formula is C25H22O2SSi. The average molecular weight is 415 g/mol. The molecule has 4 heteroatoms. The number of hydrogen-bond acceptors (Lipinski definition) is 2. The maximum atomic E-state index is 13.6. The van der Waals surface area contributed by atoms with Crippen LogP contribution in [0.3, 0.4) is 0 Å². The van der Waals surface area contributed by atoms with Crippen molar-refractivity contribution in [2.24, 2.45) is 0 Å². The number of rotatable bonds is 6. The highest BCUT2D eigenvalue weighted by atomic mass is 32.2. The highest BCUT2D eigenvalue weighted by Crippen LogP contribution is 2.17. The van der Waals surface area contributed by atoms with Crippen LogP contribution in [-0.4, -0.2) is 21.9 Å². The fraction of sp³-hybridized carbons (Fsp3) is 0.0400. The van der Waals surface area contributed by atoms with E-state index in [0.717, 1.165) is 15.6 Å². The lowest BCUT2D eigenvalue weighted by molar-refractivity contribution is 0.600. The fourth-order valence-electron chi connectivity index (χ4n) is 3.91. The van der Waals surface area contributed by atoms with Gasteiger partial charge in [-0.15, -0.1) is 0 Å². The van der Waals surface area contributed by atoms with Crippen molar-refractivity contribution >= 4 is 33.5 Å². The van der Waals surface area contributed by atoms with Crippen molar-refractivity contribution in [2.75, 3.05) is 5.38 Å².